The highest BCUT2D eigenvalue weighted by atomic mass is 16.5. The Labute approximate surface area is 204 Å². The van der Waals surface area contributed by atoms with Gasteiger partial charge in [-0.15, -0.1) is 0 Å². The van der Waals surface area contributed by atoms with Gasteiger partial charge in [0, 0.05) is 17.8 Å². The monoisotopic (exact) mass is 460 g/mol. The van der Waals surface area contributed by atoms with Crippen LogP contribution in [0.1, 0.15) is 39.0 Å². The van der Waals surface area contributed by atoms with Crippen molar-refractivity contribution in [2.45, 2.75) is 18.4 Å². The zero-order valence-electron chi connectivity index (χ0n) is 19.1. The average Bonchev–Trinajstić information content (AvgIpc) is 2.90. The molecule has 0 aliphatic carbocycles. The van der Waals surface area contributed by atoms with Crippen molar-refractivity contribution in [3.63, 3.8) is 0 Å². The lowest BCUT2D eigenvalue weighted by molar-refractivity contribution is -0.119. The molecule has 5 heteroatoms. The summed E-state index contributed by atoms with van der Waals surface area (Å²) in [6.07, 6.45) is 0.789. The number of carbonyl (C=O) groups is 2. The van der Waals surface area contributed by atoms with Gasteiger partial charge in [-0.25, -0.2) is 0 Å². The zero-order valence-corrected chi connectivity index (χ0v) is 19.1. The second kappa shape index (κ2) is 8.76. The van der Waals surface area contributed by atoms with Crippen molar-refractivity contribution in [1.29, 1.82) is 0 Å². The molecule has 0 saturated carbocycles. The fraction of sp³-hybridized carbons (Fsp3) is 0.133. The maximum atomic E-state index is 13.8. The van der Waals surface area contributed by atoms with Crippen LogP contribution in [0.15, 0.2) is 103 Å². The standard InChI is InChI=1S/C30H24N2O3/c33-29(31-21-14-16-23(17-15-21)35-22-9-2-1-3-10-22)27-25-12-6-7-13-26(25)30(34)32-19-18-20-8-4-5-11-24(20)28(27)32/h1-17,27-28H,18-19H2,(H,31,33)/t27-,28-/m0/s1. The summed E-state index contributed by atoms with van der Waals surface area (Å²) < 4.78 is 5.87. The van der Waals surface area contributed by atoms with E-state index in [0.717, 1.165) is 23.3 Å². The number of para-hydroxylation sites is 1. The minimum Gasteiger partial charge on any atom is -0.457 e. The van der Waals surface area contributed by atoms with Gasteiger partial charge in [0.15, 0.2) is 0 Å². The number of amides is 2. The van der Waals surface area contributed by atoms with Crippen molar-refractivity contribution in [1.82, 2.24) is 4.90 Å². The Bertz CT molecular complexity index is 1400. The van der Waals surface area contributed by atoms with Crippen LogP contribution in [-0.2, 0) is 11.2 Å². The Morgan fingerprint density at radius 3 is 2.23 bits per heavy atom. The average molecular weight is 461 g/mol. The van der Waals surface area contributed by atoms with Crippen molar-refractivity contribution in [3.8, 4) is 11.5 Å². The van der Waals surface area contributed by atoms with E-state index >= 15 is 0 Å². The van der Waals surface area contributed by atoms with Gasteiger partial charge in [-0.1, -0.05) is 60.7 Å². The smallest absolute Gasteiger partial charge is 0.254 e. The Balaban J connectivity index is 1.32. The van der Waals surface area contributed by atoms with Gasteiger partial charge in [0.25, 0.3) is 5.91 Å². The van der Waals surface area contributed by atoms with E-state index in [2.05, 4.69) is 11.4 Å². The summed E-state index contributed by atoms with van der Waals surface area (Å²) >= 11 is 0. The molecule has 2 atom stereocenters. The van der Waals surface area contributed by atoms with Crippen molar-refractivity contribution >= 4 is 17.5 Å². The molecule has 5 nitrogen and oxygen atoms in total. The van der Waals surface area contributed by atoms with E-state index < -0.39 is 5.92 Å². The number of anilines is 1. The molecule has 0 saturated heterocycles. The minimum absolute atomic E-state index is 0.00781. The summed E-state index contributed by atoms with van der Waals surface area (Å²) in [5.74, 6) is 0.796. The summed E-state index contributed by atoms with van der Waals surface area (Å²) in [6, 6.07) is 32.2. The Kier molecular flexibility index (Phi) is 5.30. The lowest BCUT2D eigenvalue weighted by Crippen LogP contribution is -2.49. The van der Waals surface area contributed by atoms with Crippen LogP contribution < -0.4 is 10.1 Å². The van der Waals surface area contributed by atoms with Crippen LogP contribution in [-0.4, -0.2) is 23.3 Å². The second-order valence-electron chi connectivity index (χ2n) is 8.89. The Morgan fingerprint density at radius 1 is 0.771 bits per heavy atom. The number of rotatable bonds is 4. The van der Waals surface area contributed by atoms with E-state index in [-0.39, 0.29) is 17.9 Å². The fourth-order valence-corrected chi connectivity index (χ4v) is 5.21. The SMILES string of the molecule is O=C(Nc1ccc(Oc2ccccc2)cc1)[C@H]1c2ccccc2C(=O)N2CCc3ccccc3[C@@H]12. The van der Waals surface area contributed by atoms with Crippen LogP contribution in [0.2, 0.25) is 0 Å². The van der Waals surface area contributed by atoms with Crippen molar-refractivity contribution in [2.75, 3.05) is 11.9 Å². The molecular weight excluding hydrogens is 436 g/mol. The third-order valence-electron chi connectivity index (χ3n) is 6.82. The maximum Gasteiger partial charge on any atom is 0.254 e. The van der Waals surface area contributed by atoms with Crippen LogP contribution in [0, 0.1) is 0 Å². The third kappa shape index (κ3) is 3.85. The van der Waals surface area contributed by atoms with E-state index in [1.54, 1.807) is 0 Å². The Morgan fingerprint density at radius 2 is 1.43 bits per heavy atom. The number of hydrogen-bond donors (Lipinski definition) is 1. The molecule has 4 aromatic carbocycles. The Hall–Kier alpha value is -4.38. The van der Waals surface area contributed by atoms with Gasteiger partial charge >= 0.3 is 0 Å². The molecule has 2 aliphatic heterocycles. The van der Waals surface area contributed by atoms with E-state index in [9.17, 15) is 9.59 Å². The number of benzene rings is 4. The topological polar surface area (TPSA) is 58.6 Å². The van der Waals surface area contributed by atoms with Crippen LogP contribution in [0.5, 0.6) is 11.5 Å². The lowest BCUT2D eigenvalue weighted by atomic mass is 9.76. The first-order valence-electron chi connectivity index (χ1n) is 11.8. The molecule has 0 aromatic heterocycles. The van der Waals surface area contributed by atoms with Gasteiger partial charge in [0.05, 0.1) is 12.0 Å². The van der Waals surface area contributed by atoms with Gasteiger partial charge in [-0.2, -0.15) is 0 Å². The zero-order chi connectivity index (χ0) is 23.8. The normalized spacial score (nSPS) is 18.2. The summed E-state index contributed by atoms with van der Waals surface area (Å²) in [5.41, 5.74) is 4.31. The van der Waals surface area contributed by atoms with E-state index in [1.807, 2.05) is 102 Å². The predicted octanol–water partition coefficient (Wildman–Crippen LogP) is 5.95. The molecule has 6 rings (SSSR count). The largest absolute Gasteiger partial charge is 0.457 e. The first-order chi connectivity index (χ1) is 17.2. The van der Waals surface area contributed by atoms with Crippen LogP contribution in [0.4, 0.5) is 5.69 Å². The quantitative estimate of drug-likeness (QED) is 0.409. The lowest BCUT2D eigenvalue weighted by Gasteiger charge is -2.45. The molecule has 2 heterocycles. The molecule has 172 valence electrons. The first-order valence-corrected chi connectivity index (χ1v) is 11.8. The number of fused-ring (bicyclic) bond motifs is 4. The molecule has 2 aliphatic rings. The van der Waals surface area contributed by atoms with Gasteiger partial charge in [-0.3, -0.25) is 9.59 Å². The van der Waals surface area contributed by atoms with Gasteiger partial charge < -0.3 is 15.0 Å². The van der Waals surface area contributed by atoms with Crippen molar-refractivity contribution in [2.24, 2.45) is 0 Å². The molecule has 2 amide bonds. The molecule has 0 bridgehead atoms. The number of nitrogens with one attached hydrogen (secondary N) is 1. The molecule has 35 heavy (non-hydrogen) atoms. The number of hydrogen-bond acceptors (Lipinski definition) is 3. The first kappa shape index (κ1) is 21.2. The molecule has 0 spiro atoms. The second-order valence-corrected chi connectivity index (χ2v) is 8.89. The highest BCUT2D eigenvalue weighted by Crippen LogP contribution is 2.46. The van der Waals surface area contributed by atoms with E-state index in [0.29, 0.717) is 23.5 Å². The van der Waals surface area contributed by atoms with Gasteiger partial charge in [0.1, 0.15) is 11.5 Å². The highest BCUT2D eigenvalue weighted by molar-refractivity contribution is 6.04. The van der Waals surface area contributed by atoms with Gasteiger partial charge in [-0.05, 0) is 65.6 Å². The van der Waals surface area contributed by atoms with E-state index in [1.165, 1.54) is 5.56 Å². The predicted molar refractivity (Wildman–Crippen MR) is 135 cm³/mol. The molecule has 1 N–H and O–H groups in total. The summed E-state index contributed by atoms with van der Waals surface area (Å²) in [4.78, 5) is 29.0. The van der Waals surface area contributed by atoms with Crippen LogP contribution in [0.25, 0.3) is 0 Å². The summed E-state index contributed by atoms with van der Waals surface area (Å²) in [6.45, 7) is 0.601. The van der Waals surface area contributed by atoms with E-state index in [4.69, 9.17) is 4.74 Å². The number of ether oxygens (including phenoxy) is 1. The highest BCUT2D eigenvalue weighted by Gasteiger charge is 2.46. The van der Waals surface area contributed by atoms with Crippen molar-refractivity contribution in [3.05, 3.63) is 125 Å². The fourth-order valence-electron chi connectivity index (χ4n) is 5.21. The van der Waals surface area contributed by atoms with Crippen LogP contribution >= 0.6 is 0 Å². The van der Waals surface area contributed by atoms with Gasteiger partial charge in [0.2, 0.25) is 5.91 Å². The van der Waals surface area contributed by atoms with Crippen molar-refractivity contribution < 1.29 is 14.3 Å². The maximum absolute atomic E-state index is 13.8. The molecule has 0 unspecified atom stereocenters. The molecule has 4 aromatic rings. The number of carbonyl (C=O) groups excluding carboxylic acids is 2. The molecule has 0 fully saturated rings. The number of nitrogens with zero attached hydrogens (tertiary/aromatic N) is 1. The summed E-state index contributed by atoms with van der Waals surface area (Å²) in [5, 5.41) is 3.09. The molecular formula is C30H24N2O3. The van der Waals surface area contributed by atoms with Crippen LogP contribution in [0.3, 0.4) is 0 Å². The minimum atomic E-state index is -0.509. The summed E-state index contributed by atoms with van der Waals surface area (Å²) in [7, 11) is 0. The molecule has 0 radical (unpaired) electrons. The third-order valence-corrected chi connectivity index (χ3v) is 6.82.